The molecule has 68 valence electrons. The van der Waals surface area contributed by atoms with Crippen LogP contribution in [-0.4, -0.2) is 18.9 Å². The van der Waals surface area contributed by atoms with Crippen LogP contribution in [0, 0.1) is 0 Å². The van der Waals surface area contributed by atoms with E-state index in [-0.39, 0.29) is 5.78 Å². The highest BCUT2D eigenvalue weighted by Crippen LogP contribution is 2.27. The Morgan fingerprint density at radius 3 is 3.15 bits per heavy atom. The summed E-state index contributed by atoms with van der Waals surface area (Å²) >= 11 is 0. The summed E-state index contributed by atoms with van der Waals surface area (Å²) in [5.41, 5.74) is 1.63. The summed E-state index contributed by atoms with van der Waals surface area (Å²) in [5.74, 6) is 0.909. The Labute approximate surface area is 76.7 Å². The molecule has 3 nitrogen and oxygen atoms in total. The summed E-state index contributed by atoms with van der Waals surface area (Å²) in [5, 5.41) is 3.18. The van der Waals surface area contributed by atoms with Crippen LogP contribution >= 0.6 is 0 Å². The predicted octanol–water partition coefficient (Wildman–Crippen LogP) is 1.69. The largest absolute Gasteiger partial charge is 0.490 e. The molecule has 0 saturated heterocycles. The summed E-state index contributed by atoms with van der Waals surface area (Å²) < 4.78 is 5.38. The molecule has 1 aliphatic rings. The zero-order valence-corrected chi connectivity index (χ0v) is 7.46. The molecule has 1 aromatic carbocycles. The van der Waals surface area contributed by atoms with Crippen molar-refractivity contribution in [2.24, 2.45) is 0 Å². The molecule has 0 saturated carbocycles. The number of anilines is 1. The average molecular weight is 177 g/mol. The minimum atomic E-state index is 0.0789. The lowest BCUT2D eigenvalue weighted by Gasteiger charge is -2.19. The molecule has 0 unspecified atom stereocenters. The van der Waals surface area contributed by atoms with Crippen LogP contribution in [0.1, 0.15) is 17.3 Å². The maximum absolute atomic E-state index is 11.1. The van der Waals surface area contributed by atoms with Gasteiger partial charge in [0, 0.05) is 12.1 Å². The molecule has 0 aromatic heterocycles. The number of hydrogen-bond acceptors (Lipinski definition) is 3. The van der Waals surface area contributed by atoms with Gasteiger partial charge in [0.25, 0.3) is 0 Å². The van der Waals surface area contributed by atoms with Crippen molar-refractivity contribution < 1.29 is 9.53 Å². The third-order valence-corrected chi connectivity index (χ3v) is 2.06. The summed E-state index contributed by atoms with van der Waals surface area (Å²) in [6, 6.07) is 5.45. The first-order chi connectivity index (χ1) is 6.27. The minimum Gasteiger partial charge on any atom is -0.490 e. The fraction of sp³-hybridized carbons (Fsp3) is 0.300. The molecule has 1 heterocycles. The highest BCUT2D eigenvalue weighted by molar-refractivity contribution is 5.95. The molecular formula is C10H11NO2. The van der Waals surface area contributed by atoms with Crippen LogP contribution in [0.5, 0.6) is 5.75 Å². The second kappa shape index (κ2) is 3.09. The number of carbonyl (C=O) groups excluding carboxylic acids is 1. The molecule has 0 atom stereocenters. The van der Waals surface area contributed by atoms with Gasteiger partial charge in [-0.3, -0.25) is 4.79 Å². The van der Waals surface area contributed by atoms with Gasteiger partial charge in [-0.1, -0.05) is 0 Å². The Hall–Kier alpha value is -1.51. The number of ether oxygens (including phenoxy) is 1. The Kier molecular flexibility index (Phi) is 1.93. The number of Topliss-reactive ketones (excluding diaryl/α,β-unsaturated/α-hetero) is 1. The van der Waals surface area contributed by atoms with Gasteiger partial charge in [0.15, 0.2) is 5.78 Å². The lowest BCUT2D eigenvalue weighted by molar-refractivity contribution is 0.101. The zero-order valence-electron chi connectivity index (χ0n) is 7.46. The van der Waals surface area contributed by atoms with Gasteiger partial charge in [-0.25, -0.2) is 0 Å². The quantitative estimate of drug-likeness (QED) is 0.663. The average Bonchev–Trinajstić information content (AvgIpc) is 2.17. The van der Waals surface area contributed by atoms with Crippen molar-refractivity contribution >= 4 is 11.5 Å². The third kappa shape index (κ3) is 1.49. The SMILES string of the molecule is CC(=O)c1ccc2c(c1)NCCO2. The van der Waals surface area contributed by atoms with Crippen molar-refractivity contribution in [2.75, 3.05) is 18.5 Å². The number of fused-ring (bicyclic) bond motifs is 1. The summed E-state index contributed by atoms with van der Waals surface area (Å²) in [6.07, 6.45) is 0. The second-order valence-corrected chi connectivity index (χ2v) is 3.04. The lowest BCUT2D eigenvalue weighted by Crippen LogP contribution is -2.18. The number of benzene rings is 1. The van der Waals surface area contributed by atoms with Gasteiger partial charge in [0.05, 0.1) is 5.69 Å². The summed E-state index contributed by atoms with van der Waals surface area (Å²) in [6.45, 7) is 3.05. The van der Waals surface area contributed by atoms with Crippen LogP contribution < -0.4 is 10.1 Å². The van der Waals surface area contributed by atoms with Gasteiger partial charge in [0.2, 0.25) is 0 Å². The molecule has 0 spiro atoms. The molecule has 13 heavy (non-hydrogen) atoms. The minimum absolute atomic E-state index is 0.0789. The van der Waals surface area contributed by atoms with Gasteiger partial charge in [-0.05, 0) is 25.1 Å². The van der Waals surface area contributed by atoms with Crippen LogP contribution in [0.15, 0.2) is 18.2 Å². The third-order valence-electron chi connectivity index (χ3n) is 2.06. The van der Waals surface area contributed by atoms with Gasteiger partial charge in [0.1, 0.15) is 12.4 Å². The first-order valence-electron chi connectivity index (χ1n) is 4.29. The molecule has 0 amide bonds. The van der Waals surface area contributed by atoms with Crippen LogP contribution in [-0.2, 0) is 0 Å². The van der Waals surface area contributed by atoms with E-state index in [0.717, 1.165) is 23.5 Å². The summed E-state index contributed by atoms with van der Waals surface area (Å²) in [7, 11) is 0. The molecule has 3 heteroatoms. The van der Waals surface area contributed by atoms with E-state index in [4.69, 9.17) is 4.74 Å². The maximum atomic E-state index is 11.1. The Morgan fingerprint density at radius 2 is 2.38 bits per heavy atom. The monoisotopic (exact) mass is 177 g/mol. The molecular weight excluding hydrogens is 166 g/mol. The maximum Gasteiger partial charge on any atom is 0.159 e. The van der Waals surface area contributed by atoms with Gasteiger partial charge in [-0.2, -0.15) is 0 Å². The van der Waals surface area contributed by atoms with Crippen molar-refractivity contribution in [3.63, 3.8) is 0 Å². The van der Waals surface area contributed by atoms with Gasteiger partial charge >= 0.3 is 0 Å². The summed E-state index contributed by atoms with van der Waals surface area (Å²) in [4.78, 5) is 11.1. The number of hydrogen-bond donors (Lipinski definition) is 1. The van der Waals surface area contributed by atoms with E-state index in [1.165, 1.54) is 0 Å². The van der Waals surface area contributed by atoms with E-state index in [9.17, 15) is 4.79 Å². The molecule has 1 aliphatic heterocycles. The fourth-order valence-corrected chi connectivity index (χ4v) is 1.36. The number of ketones is 1. The van der Waals surface area contributed by atoms with Crippen LogP contribution in [0.25, 0.3) is 0 Å². The van der Waals surface area contributed by atoms with E-state index < -0.39 is 0 Å². The van der Waals surface area contributed by atoms with Crippen LogP contribution in [0.3, 0.4) is 0 Å². The van der Waals surface area contributed by atoms with Crippen molar-refractivity contribution in [1.82, 2.24) is 0 Å². The van der Waals surface area contributed by atoms with Crippen LogP contribution in [0.4, 0.5) is 5.69 Å². The zero-order chi connectivity index (χ0) is 9.26. The van der Waals surface area contributed by atoms with Crippen molar-refractivity contribution in [3.05, 3.63) is 23.8 Å². The van der Waals surface area contributed by atoms with Gasteiger partial charge in [-0.15, -0.1) is 0 Å². The lowest BCUT2D eigenvalue weighted by atomic mass is 10.1. The van der Waals surface area contributed by atoms with E-state index in [2.05, 4.69) is 5.32 Å². The molecule has 0 fully saturated rings. The Bertz CT molecular complexity index is 347. The Morgan fingerprint density at radius 1 is 1.54 bits per heavy atom. The first-order valence-corrected chi connectivity index (χ1v) is 4.29. The van der Waals surface area contributed by atoms with E-state index in [1.54, 1.807) is 13.0 Å². The second-order valence-electron chi connectivity index (χ2n) is 3.04. The van der Waals surface area contributed by atoms with Crippen molar-refractivity contribution in [3.8, 4) is 5.75 Å². The molecule has 2 rings (SSSR count). The predicted molar refractivity (Wildman–Crippen MR) is 50.4 cm³/mol. The smallest absolute Gasteiger partial charge is 0.159 e. The normalized spacial score (nSPS) is 13.9. The van der Waals surface area contributed by atoms with Gasteiger partial charge < -0.3 is 10.1 Å². The molecule has 0 aliphatic carbocycles. The van der Waals surface area contributed by atoms with E-state index in [0.29, 0.717) is 6.61 Å². The van der Waals surface area contributed by atoms with E-state index in [1.807, 2.05) is 12.1 Å². The number of nitrogens with one attached hydrogen (secondary N) is 1. The first kappa shape index (κ1) is 8.10. The van der Waals surface area contributed by atoms with Crippen LogP contribution in [0.2, 0.25) is 0 Å². The van der Waals surface area contributed by atoms with Crippen molar-refractivity contribution in [2.45, 2.75) is 6.92 Å². The number of carbonyl (C=O) groups is 1. The molecule has 0 radical (unpaired) electrons. The highest BCUT2D eigenvalue weighted by Gasteiger charge is 2.10. The fourth-order valence-electron chi connectivity index (χ4n) is 1.36. The molecule has 1 N–H and O–H groups in total. The Balaban J connectivity index is 2.40. The topological polar surface area (TPSA) is 38.3 Å². The highest BCUT2D eigenvalue weighted by atomic mass is 16.5. The standard InChI is InChI=1S/C10H11NO2/c1-7(12)8-2-3-10-9(6-8)11-4-5-13-10/h2-3,6,11H,4-5H2,1H3. The van der Waals surface area contributed by atoms with Crippen molar-refractivity contribution in [1.29, 1.82) is 0 Å². The molecule has 1 aromatic rings. The van der Waals surface area contributed by atoms with E-state index >= 15 is 0 Å². The molecule has 0 bridgehead atoms. The number of rotatable bonds is 1.